The molecule has 2 N–H and O–H groups in total. The Balaban J connectivity index is 1.37. The number of rotatable bonds is 4. The van der Waals surface area contributed by atoms with Crippen LogP contribution in [0.2, 0.25) is 0 Å². The van der Waals surface area contributed by atoms with Crippen LogP contribution in [0.25, 0.3) is 17.1 Å². The van der Waals surface area contributed by atoms with Gasteiger partial charge in [-0.15, -0.1) is 10.2 Å². The highest BCUT2D eigenvalue weighted by Crippen LogP contribution is 2.41. The van der Waals surface area contributed by atoms with E-state index < -0.39 is 23.9 Å². The van der Waals surface area contributed by atoms with Gasteiger partial charge in [0.1, 0.15) is 18.1 Å². The lowest BCUT2D eigenvalue weighted by atomic mass is 9.86. The van der Waals surface area contributed by atoms with Crippen LogP contribution in [0.1, 0.15) is 19.8 Å². The van der Waals surface area contributed by atoms with Gasteiger partial charge in [-0.05, 0) is 25.5 Å². The molecule has 3 aromatic rings. The summed E-state index contributed by atoms with van der Waals surface area (Å²) in [6.07, 6.45) is 4.75. The highest BCUT2D eigenvalue weighted by molar-refractivity contribution is 5.66. The van der Waals surface area contributed by atoms with Crippen LogP contribution in [0, 0.1) is 0 Å². The van der Waals surface area contributed by atoms with Crippen LogP contribution in [0.5, 0.6) is 5.75 Å². The Hall–Kier alpha value is -3.14. The van der Waals surface area contributed by atoms with Gasteiger partial charge in [0.05, 0.1) is 35.4 Å². The van der Waals surface area contributed by atoms with Gasteiger partial charge in [-0.25, -0.2) is 18.7 Å². The molecule has 1 aromatic carbocycles. The molecule has 2 aliphatic heterocycles. The van der Waals surface area contributed by atoms with E-state index in [-0.39, 0.29) is 24.0 Å². The fraction of sp³-hybridized carbons (Fsp3) is 0.429. The smallest absolute Gasteiger partial charge is 0.185 e. The Bertz CT molecular complexity index is 1070. The van der Waals surface area contributed by atoms with E-state index in [0.717, 1.165) is 5.69 Å². The largest absolute Gasteiger partial charge is 0.507 e. The second kappa shape index (κ2) is 7.23. The normalized spacial score (nSPS) is 29.8. The number of anilines is 1. The van der Waals surface area contributed by atoms with Crippen LogP contribution in [-0.4, -0.2) is 66.9 Å². The fourth-order valence-corrected chi connectivity index (χ4v) is 4.68. The summed E-state index contributed by atoms with van der Waals surface area (Å²) >= 11 is 0. The zero-order valence-electron chi connectivity index (χ0n) is 17.2. The van der Waals surface area contributed by atoms with Gasteiger partial charge in [0.15, 0.2) is 11.6 Å². The number of hydrogen-bond donors (Lipinski definition) is 2. The molecule has 0 unspecified atom stereocenters. The Morgan fingerprint density at radius 2 is 2.13 bits per heavy atom. The molecule has 2 saturated heterocycles. The predicted octanol–water partition coefficient (Wildman–Crippen LogP) is 2.44. The first-order valence-corrected chi connectivity index (χ1v) is 10.2. The topological polar surface area (TPSA) is 92.0 Å². The van der Waals surface area contributed by atoms with Crippen molar-refractivity contribution in [2.24, 2.45) is 0 Å². The highest BCUT2D eigenvalue weighted by atomic mass is 19.1. The molecule has 2 aromatic heterocycles. The maximum absolute atomic E-state index is 15.2. The van der Waals surface area contributed by atoms with Crippen LogP contribution in [0.4, 0.5) is 14.6 Å². The quantitative estimate of drug-likeness (QED) is 0.661. The molecule has 5 atom stereocenters. The zero-order valence-corrected chi connectivity index (χ0v) is 17.2. The van der Waals surface area contributed by atoms with E-state index in [2.05, 4.69) is 25.5 Å². The van der Waals surface area contributed by atoms with Crippen LogP contribution in [0.3, 0.4) is 0 Å². The Kier molecular flexibility index (Phi) is 4.62. The average molecular weight is 427 g/mol. The maximum atomic E-state index is 15.2. The first-order valence-electron chi connectivity index (χ1n) is 10.2. The molecule has 0 spiro atoms. The standard InChI is InChI=1S/C21H23F2N7O/c1-21-9-14(22)15(26-21)8-16(19(21)23)29(2)18-10-25-20(28-27-18)13-4-3-12(7-17(13)31)30-6-5-24-11-30/h3-7,10-11,14-16,19,26,31H,8-9H2,1-2H3/t14-,15-,16+,19-,21-/m0/s1. The first kappa shape index (κ1) is 19.8. The number of halogens is 2. The second-order valence-electron chi connectivity index (χ2n) is 8.52. The van der Waals surface area contributed by atoms with Crippen molar-refractivity contribution in [3.63, 3.8) is 0 Å². The van der Waals surface area contributed by atoms with Gasteiger partial charge >= 0.3 is 0 Å². The lowest BCUT2D eigenvalue weighted by Crippen LogP contribution is -2.62. The maximum Gasteiger partial charge on any atom is 0.185 e. The Labute approximate surface area is 178 Å². The van der Waals surface area contributed by atoms with E-state index in [0.29, 0.717) is 17.8 Å². The average Bonchev–Trinajstić information content (AvgIpc) is 3.38. The van der Waals surface area contributed by atoms with Crippen molar-refractivity contribution in [3.05, 3.63) is 43.1 Å². The highest BCUT2D eigenvalue weighted by Gasteiger charge is 2.55. The molecule has 2 aliphatic rings. The van der Waals surface area contributed by atoms with E-state index in [1.54, 1.807) is 54.3 Å². The number of piperidine rings is 1. The summed E-state index contributed by atoms with van der Waals surface area (Å²) in [5.41, 5.74) is 0.295. The van der Waals surface area contributed by atoms with Crippen LogP contribution < -0.4 is 10.2 Å². The van der Waals surface area contributed by atoms with Gasteiger partial charge in [-0.2, -0.15) is 0 Å². The van der Waals surface area contributed by atoms with E-state index in [1.807, 2.05) is 6.07 Å². The predicted molar refractivity (Wildman–Crippen MR) is 111 cm³/mol. The molecular weight excluding hydrogens is 404 g/mol. The summed E-state index contributed by atoms with van der Waals surface area (Å²) in [6.45, 7) is 1.73. The molecule has 31 heavy (non-hydrogen) atoms. The molecule has 10 heteroatoms. The number of aromatic hydroxyl groups is 1. The lowest BCUT2D eigenvalue weighted by molar-refractivity contribution is 0.111. The summed E-state index contributed by atoms with van der Waals surface area (Å²) in [5.74, 6) is 0.658. The second-order valence-corrected chi connectivity index (χ2v) is 8.52. The number of nitrogens with one attached hydrogen (secondary N) is 1. The zero-order chi connectivity index (χ0) is 21.8. The van der Waals surface area contributed by atoms with Crippen molar-refractivity contribution in [3.8, 4) is 22.8 Å². The minimum Gasteiger partial charge on any atom is -0.507 e. The van der Waals surface area contributed by atoms with Crippen molar-refractivity contribution >= 4 is 5.82 Å². The van der Waals surface area contributed by atoms with Crippen molar-refractivity contribution in [2.75, 3.05) is 11.9 Å². The van der Waals surface area contributed by atoms with Crippen LogP contribution in [-0.2, 0) is 0 Å². The molecular formula is C21H23F2N7O. The fourth-order valence-electron chi connectivity index (χ4n) is 4.68. The molecule has 5 rings (SSSR count). The molecule has 2 bridgehead atoms. The van der Waals surface area contributed by atoms with Crippen molar-refractivity contribution < 1.29 is 13.9 Å². The Morgan fingerprint density at radius 3 is 2.81 bits per heavy atom. The van der Waals surface area contributed by atoms with E-state index in [1.165, 1.54) is 6.20 Å². The third-order valence-electron chi connectivity index (χ3n) is 6.45. The summed E-state index contributed by atoms with van der Waals surface area (Å²) in [5, 5.41) is 21.9. The third kappa shape index (κ3) is 3.31. The number of phenolic OH excluding ortho intramolecular Hbond substituents is 1. The van der Waals surface area contributed by atoms with Gasteiger partial charge in [0, 0.05) is 38.0 Å². The van der Waals surface area contributed by atoms with Crippen molar-refractivity contribution in [1.82, 2.24) is 30.0 Å². The molecule has 0 amide bonds. The molecule has 0 aliphatic carbocycles. The summed E-state index contributed by atoms with van der Waals surface area (Å²) < 4.78 is 31.2. The molecule has 4 heterocycles. The third-order valence-corrected chi connectivity index (χ3v) is 6.45. The lowest BCUT2D eigenvalue weighted by Gasteiger charge is -2.43. The van der Waals surface area contributed by atoms with Crippen LogP contribution >= 0.6 is 0 Å². The monoisotopic (exact) mass is 427 g/mol. The summed E-state index contributed by atoms with van der Waals surface area (Å²) in [6, 6.07) is 4.21. The van der Waals surface area contributed by atoms with Gasteiger partial charge in [0.2, 0.25) is 0 Å². The molecule has 0 saturated carbocycles. The SMILES string of the molecule is CN(c1cnc(-c2ccc(-n3ccnc3)cc2O)nn1)[C@@H]1C[C@@H]2N[C@@](C)(C[C@@H]2F)[C@H]1F. The molecule has 2 fully saturated rings. The Morgan fingerprint density at radius 1 is 1.29 bits per heavy atom. The van der Waals surface area contributed by atoms with E-state index in [9.17, 15) is 9.50 Å². The van der Waals surface area contributed by atoms with E-state index >= 15 is 4.39 Å². The summed E-state index contributed by atoms with van der Waals surface area (Å²) in [7, 11) is 1.72. The number of aromatic nitrogens is 5. The number of imidazole rings is 1. The molecule has 0 radical (unpaired) electrons. The number of nitrogens with zero attached hydrogens (tertiary/aromatic N) is 6. The number of hydrogen-bond acceptors (Lipinski definition) is 7. The van der Waals surface area contributed by atoms with Gasteiger partial charge in [-0.1, -0.05) is 0 Å². The summed E-state index contributed by atoms with van der Waals surface area (Å²) in [4.78, 5) is 9.99. The number of benzene rings is 1. The van der Waals surface area contributed by atoms with Crippen molar-refractivity contribution in [2.45, 2.75) is 49.7 Å². The van der Waals surface area contributed by atoms with Gasteiger partial charge in [-0.3, -0.25) is 0 Å². The number of phenols is 1. The van der Waals surface area contributed by atoms with Gasteiger partial charge < -0.3 is 19.9 Å². The first-order chi connectivity index (χ1) is 14.9. The minimum atomic E-state index is -1.25. The number of alkyl halides is 2. The molecule has 8 nitrogen and oxygen atoms in total. The van der Waals surface area contributed by atoms with E-state index in [4.69, 9.17) is 0 Å². The van der Waals surface area contributed by atoms with Gasteiger partial charge in [0.25, 0.3) is 0 Å². The molecule has 162 valence electrons. The minimum absolute atomic E-state index is 0.00905. The van der Waals surface area contributed by atoms with Crippen molar-refractivity contribution in [1.29, 1.82) is 0 Å². The van der Waals surface area contributed by atoms with Crippen LogP contribution in [0.15, 0.2) is 43.1 Å². The number of fused-ring (bicyclic) bond motifs is 2.